The standard InChI is InChI=1S/C14H20N2O3S/c1-11-15-13(10-12-6-4-3-5-7-12)14(17)16(11)8-9-20(2,18)19/h3-7,11,13,15H,8-10H2,1-2H3. The summed E-state index contributed by atoms with van der Waals surface area (Å²) in [5.41, 5.74) is 1.09. The molecule has 20 heavy (non-hydrogen) atoms. The largest absolute Gasteiger partial charge is 0.325 e. The molecule has 1 fully saturated rings. The number of nitrogens with zero attached hydrogens (tertiary/aromatic N) is 1. The molecule has 2 unspecified atom stereocenters. The molecule has 0 radical (unpaired) electrons. The summed E-state index contributed by atoms with van der Waals surface area (Å²) in [6.45, 7) is 2.13. The molecule has 1 amide bonds. The summed E-state index contributed by atoms with van der Waals surface area (Å²) in [7, 11) is -3.06. The van der Waals surface area contributed by atoms with Crippen LogP contribution >= 0.6 is 0 Å². The van der Waals surface area contributed by atoms with Gasteiger partial charge in [-0.25, -0.2) is 8.42 Å². The van der Waals surface area contributed by atoms with Gasteiger partial charge in [-0.05, 0) is 18.9 Å². The highest BCUT2D eigenvalue weighted by Gasteiger charge is 2.36. The van der Waals surface area contributed by atoms with Gasteiger partial charge in [-0.1, -0.05) is 30.3 Å². The number of hydrogen-bond donors (Lipinski definition) is 1. The summed E-state index contributed by atoms with van der Waals surface area (Å²) >= 11 is 0. The van der Waals surface area contributed by atoms with E-state index in [-0.39, 0.29) is 30.4 Å². The van der Waals surface area contributed by atoms with Gasteiger partial charge < -0.3 is 4.90 Å². The van der Waals surface area contributed by atoms with Crippen LogP contribution in [0, 0.1) is 0 Å². The summed E-state index contributed by atoms with van der Waals surface area (Å²) in [4.78, 5) is 13.9. The van der Waals surface area contributed by atoms with Gasteiger partial charge in [0, 0.05) is 12.8 Å². The van der Waals surface area contributed by atoms with Gasteiger partial charge in [-0.3, -0.25) is 10.1 Å². The van der Waals surface area contributed by atoms with Crippen LogP contribution in [-0.2, 0) is 21.1 Å². The molecule has 2 atom stereocenters. The van der Waals surface area contributed by atoms with Crippen LogP contribution in [0.4, 0.5) is 0 Å². The molecule has 2 rings (SSSR count). The summed E-state index contributed by atoms with van der Waals surface area (Å²) in [5, 5.41) is 3.22. The molecule has 0 bridgehead atoms. The van der Waals surface area contributed by atoms with Gasteiger partial charge in [0.15, 0.2) is 0 Å². The summed E-state index contributed by atoms with van der Waals surface area (Å²) in [6, 6.07) is 9.53. The molecule has 5 nitrogen and oxygen atoms in total. The van der Waals surface area contributed by atoms with Crippen molar-refractivity contribution in [2.24, 2.45) is 0 Å². The maximum Gasteiger partial charge on any atom is 0.241 e. The van der Waals surface area contributed by atoms with Crippen LogP contribution in [0.3, 0.4) is 0 Å². The van der Waals surface area contributed by atoms with Crippen molar-refractivity contribution >= 4 is 15.7 Å². The lowest BCUT2D eigenvalue weighted by atomic mass is 10.1. The number of rotatable bonds is 5. The van der Waals surface area contributed by atoms with E-state index in [1.165, 1.54) is 6.26 Å². The molecule has 110 valence electrons. The zero-order valence-electron chi connectivity index (χ0n) is 11.7. The Morgan fingerprint density at radius 3 is 2.50 bits per heavy atom. The Morgan fingerprint density at radius 2 is 1.90 bits per heavy atom. The third kappa shape index (κ3) is 3.80. The van der Waals surface area contributed by atoms with Crippen molar-refractivity contribution in [1.29, 1.82) is 0 Å². The number of nitrogens with one attached hydrogen (secondary N) is 1. The van der Waals surface area contributed by atoms with Crippen LogP contribution in [-0.4, -0.2) is 50.0 Å². The summed E-state index contributed by atoms with van der Waals surface area (Å²) in [6.07, 6.45) is 1.69. The minimum atomic E-state index is -3.06. The zero-order chi connectivity index (χ0) is 14.8. The molecule has 0 aromatic heterocycles. The molecular weight excluding hydrogens is 276 g/mol. The van der Waals surface area contributed by atoms with Gasteiger partial charge in [-0.2, -0.15) is 0 Å². The van der Waals surface area contributed by atoms with Crippen molar-refractivity contribution in [3.8, 4) is 0 Å². The van der Waals surface area contributed by atoms with Gasteiger partial charge in [0.05, 0.1) is 18.0 Å². The van der Waals surface area contributed by atoms with E-state index in [4.69, 9.17) is 0 Å². The molecule has 1 aromatic rings. The number of carbonyl (C=O) groups excluding carboxylic acids is 1. The van der Waals surface area contributed by atoms with Crippen molar-refractivity contribution < 1.29 is 13.2 Å². The van der Waals surface area contributed by atoms with Crippen molar-refractivity contribution in [1.82, 2.24) is 10.2 Å². The lowest BCUT2D eigenvalue weighted by molar-refractivity contribution is -0.129. The Hall–Kier alpha value is -1.40. The molecule has 0 aliphatic carbocycles. The number of carbonyl (C=O) groups is 1. The number of sulfone groups is 1. The van der Waals surface area contributed by atoms with Crippen molar-refractivity contribution in [3.05, 3.63) is 35.9 Å². The van der Waals surface area contributed by atoms with Crippen LogP contribution in [0.5, 0.6) is 0 Å². The molecule has 0 saturated carbocycles. The van der Waals surface area contributed by atoms with Crippen LogP contribution in [0.25, 0.3) is 0 Å². The summed E-state index contributed by atoms with van der Waals surface area (Å²) < 4.78 is 22.4. The minimum Gasteiger partial charge on any atom is -0.325 e. The Bertz CT molecular complexity index is 571. The lowest BCUT2D eigenvalue weighted by Gasteiger charge is -2.20. The average molecular weight is 296 g/mol. The first kappa shape index (κ1) is 15.0. The predicted octanol–water partition coefficient (Wildman–Crippen LogP) is 0.420. The second-order valence-electron chi connectivity index (χ2n) is 5.25. The first-order valence-electron chi connectivity index (χ1n) is 6.65. The van der Waals surface area contributed by atoms with Crippen LogP contribution in [0.1, 0.15) is 12.5 Å². The minimum absolute atomic E-state index is 0.00279. The number of benzene rings is 1. The Morgan fingerprint density at radius 1 is 1.25 bits per heavy atom. The molecule has 1 aromatic carbocycles. The van der Waals surface area contributed by atoms with Crippen molar-refractivity contribution in [2.75, 3.05) is 18.6 Å². The van der Waals surface area contributed by atoms with E-state index in [9.17, 15) is 13.2 Å². The SMILES string of the molecule is CC1NC(Cc2ccccc2)C(=O)N1CCS(C)(=O)=O. The predicted molar refractivity (Wildman–Crippen MR) is 78.0 cm³/mol. The molecule has 1 heterocycles. The number of hydrogen-bond acceptors (Lipinski definition) is 4. The second kappa shape index (κ2) is 5.93. The van der Waals surface area contributed by atoms with Crippen molar-refractivity contribution in [2.45, 2.75) is 25.6 Å². The monoisotopic (exact) mass is 296 g/mol. The van der Waals surface area contributed by atoms with E-state index < -0.39 is 9.84 Å². The molecule has 1 saturated heterocycles. The highest BCUT2D eigenvalue weighted by Crippen LogP contribution is 2.14. The van der Waals surface area contributed by atoms with Crippen LogP contribution < -0.4 is 5.32 Å². The van der Waals surface area contributed by atoms with Crippen LogP contribution in [0.15, 0.2) is 30.3 Å². The van der Waals surface area contributed by atoms with Crippen LogP contribution in [0.2, 0.25) is 0 Å². The molecule has 0 spiro atoms. The highest BCUT2D eigenvalue weighted by atomic mass is 32.2. The zero-order valence-corrected chi connectivity index (χ0v) is 12.6. The fourth-order valence-electron chi connectivity index (χ4n) is 2.41. The van der Waals surface area contributed by atoms with E-state index in [1.807, 2.05) is 37.3 Å². The Kier molecular flexibility index (Phi) is 4.45. The fourth-order valence-corrected chi connectivity index (χ4v) is 2.94. The molecule has 1 aliphatic rings. The third-order valence-electron chi connectivity index (χ3n) is 3.48. The number of amides is 1. The van der Waals surface area contributed by atoms with Crippen molar-refractivity contribution in [3.63, 3.8) is 0 Å². The lowest BCUT2D eigenvalue weighted by Crippen LogP contribution is -2.38. The van der Waals surface area contributed by atoms with Gasteiger partial charge in [0.1, 0.15) is 9.84 Å². The first-order chi connectivity index (χ1) is 9.37. The third-order valence-corrected chi connectivity index (χ3v) is 4.40. The quantitative estimate of drug-likeness (QED) is 0.855. The molecular formula is C14H20N2O3S. The van der Waals surface area contributed by atoms with E-state index in [1.54, 1.807) is 4.90 Å². The fraction of sp³-hybridized carbons (Fsp3) is 0.500. The topological polar surface area (TPSA) is 66.5 Å². The smallest absolute Gasteiger partial charge is 0.241 e. The molecule has 1 N–H and O–H groups in total. The van der Waals surface area contributed by atoms with E-state index in [2.05, 4.69) is 5.32 Å². The maximum atomic E-state index is 12.3. The van der Waals surface area contributed by atoms with Gasteiger partial charge >= 0.3 is 0 Å². The first-order valence-corrected chi connectivity index (χ1v) is 8.71. The highest BCUT2D eigenvalue weighted by molar-refractivity contribution is 7.90. The Labute approximate surface area is 119 Å². The Balaban J connectivity index is 1.99. The normalized spacial score (nSPS) is 23.3. The van der Waals surface area contributed by atoms with Gasteiger partial charge in [0.2, 0.25) is 5.91 Å². The van der Waals surface area contributed by atoms with Gasteiger partial charge in [0.25, 0.3) is 0 Å². The van der Waals surface area contributed by atoms with E-state index >= 15 is 0 Å². The van der Waals surface area contributed by atoms with Gasteiger partial charge in [-0.15, -0.1) is 0 Å². The molecule has 1 aliphatic heterocycles. The maximum absolute atomic E-state index is 12.3. The van der Waals surface area contributed by atoms with E-state index in [0.717, 1.165) is 5.56 Å². The summed E-state index contributed by atoms with van der Waals surface area (Å²) in [5.74, 6) is -0.0204. The molecule has 6 heteroatoms. The average Bonchev–Trinajstić information content (AvgIpc) is 2.63. The second-order valence-corrected chi connectivity index (χ2v) is 7.51. The van der Waals surface area contributed by atoms with E-state index in [0.29, 0.717) is 6.42 Å².